The minimum atomic E-state index is 0.00506. The average molecular weight is 401 g/mol. The summed E-state index contributed by atoms with van der Waals surface area (Å²) >= 11 is 0. The van der Waals surface area contributed by atoms with Gasteiger partial charge >= 0.3 is 0 Å². The van der Waals surface area contributed by atoms with Crippen molar-refractivity contribution in [2.45, 2.75) is 18.9 Å². The van der Waals surface area contributed by atoms with Crippen LogP contribution >= 0.6 is 0 Å². The Labute approximate surface area is 174 Å². The summed E-state index contributed by atoms with van der Waals surface area (Å²) in [6.45, 7) is 0.776. The average Bonchev–Trinajstić information content (AvgIpc) is 3.42. The van der Waals surface area contributed by atoms with Crippen molar-refractivity contribution < 1.29 is 18.7 Å². The first-order valence-corrected chi connectivity index (χ1v) is 10.2. The Morgan fingerprint density at radius 2 is 1.77 bits per heavy atom. The topological polar surface area (TPSA) is 51.9 Å². The lowest BCUT2D eigenvalue weighted by Crippen LogP contribution is -2.34. The summed E-state index contributed by atoms with van der Waals surface area (Å²) in [4.78, 5) is 14.8. The second kappa shape index (κ2) is 7.75. The Morgan fingerprint density at radius 1 is 1.00 bits per heavy atom. The highest BCUT2D eigenvalue weighted by atomic mass is 16.5. The molecular weight excluding hydrogens is 378 g/mol. The first-order chi connectivity index (χ1) is 14.7. The normalized spacial score (nSPS) is 16.3. The van der Waals surface area contributed by atoms with Crippen LogP contribution in [0.25, 0.3) is 21.9 Å². The molecule has 30 heavy (non-hydrogen) atoms. The molecule has 0 aliphatic carbocycles. The van der Waals surface area contributed by atoms with Crippen LogP contribution in [0.2, 0.25) is 0 Å². The zero-order valence-electron chi connectivity index (χ0n) is 16.8. The number of carbonyl (C=O) groups excluding carboxylic acids is 1. The molecule has 2 heterocycles. The van der Waals surface area contributed by atoms with Gasteiger partial charge in [0.05, 0.1) is 13.2 Å². The van der Waals surface area contributed by atoms with Gasteiger partial charge in [0, 0.05) is 17.3 Å². The number of nitrogens with zero attached hydrogens (tertiary/aromatic N) is 1. The minimum absolute atomic E-state index is 0.00506. The third-order valence-corrected chi connectivity index (χ3v) is 5.78. The van der Waals surface area contributed by atoms with Crippen molar-refractivity contribution in [1.82, 2.24) is 4.90 Å². The fourth-order valence-corrected chi connectivity index (χ4v) is 4.26. The molecule has 1 aliphatic rings. The molecule has 3 aromatic carbocycles. The van der Waals surface area contributed by atoms with Crippen molar-refractivity contribution in [3.63, 3.8) is 0 Å². The third kappa shape index (κ3) is 3.36. The SMILES string of the molecule is COc1ccc(C2CCCN2C(=O)COc2ccc3oc4ccccc4c3c2)cc1. The molecule has 0 spiro atoms. The third-order valence-electron chi connectivity index (χ3n) is 5.78. The number of amides is 1. The molecule has 5 heteroatoms. The van der Waals surface area contributed by atoms with Gasteiger partial charge in [-0.2, -0.15) is 0 Å². The quantitative estimate of drug-likeness (QED) is 0.453. The summed E-state index contributed by atoms with van der Waals surface area (Å²) in [6, 6.07) is 21.7. The van der Waals surface area contributed by atoms with E-state index >= 15 is 0 Å². The highest BCUT2D eigenvalue weighted by Gasteiger charge is 2.30. The first kappa shape index (κ1) is 18.6. The van der Waals surface area contributed by atoms with Crippen molar-refractivity contribution in [2.75, 3.05) is 20.3 Å². The Hall–Kier alpha value is -3.47. The van der Waals surface area contributed by atoms with Gasteiger partial charge in [0.15, 0.2) is 6.61 Å². The molecule has 0 bridgehead atoms. The van der Waals surface area contributed by atoms with E-state index in [1.165, 1.54) is 0 Å². The highest BCUT2D eigenvalue weighted by molar-refractivity contribution is 6.05. The van der Waals surface area contributed by atoms with E-state index in [-0.39, 0.29) is 18.6 Å². The van der Waals surface area contributed by atoms with Crippen LogP contribution in [0.1, 0.15) is 24.4 Å². The maximum absolute atomic E-state index is 12.9. The van der Waals surface area contributed by atoms with Gasteiger partial charge in [-0.15, -0.1) is 0 Å². The van der Waals surface area contributed by atoms with Gasteiger partial charge in [-0.25, -0.2) is 0 Å². The minimum Gasteiger partial charge on any atom is -0.497 e. The second-order valence-electron chi connectivity index (χ2n) is 7.56. The van der Waals surface area contributed by atoms with E-state index in [0.717, 1.165) is 52.6 Å². The fourth-order valence-electron chi connectivity index (χ4n) is 4.26. The van der Waals surface area contributed by atoms with Crippen molar-refractivity contribution >= 4 is 27.8 Å². The van der Waals surface area contributed by atoms with E-state index < -0.39 is 0 Å². The molecular formula is C25H23NO4. The van der Waals surface area contributed by atoms with Crippen LogP contribution in [0.3, 0.4) is 0 Å². The number of rotatable bonds is 5. The Kier molecular flexibility index (Phi) is 4.79. The number of hydrogen-bond acceptors (Lipinski definition) is 4. The summed E-state index contributed by atoms with van der Waals surface area (Å²) in [5, 5.41) is 2.04. The van der Waals surface area contributed by atoms with E-state index in [4.69, 9.17) is 13.9 Å². The zero-order chi connectivity index (χ0) is 20.5. The van der Waals surface area contributed by atoms with Crippen LogP contribution in [0.4, 0.5) is 0 Å². The lowest BCUT2D eigenvalue weighted by atomic mass is 10.0. The Balaban J connectivity index is 1.30. The number of para-hydroxylation sites is 1. The molecule has 0 N–H and O–H groups in total. The monoisotopic (exact) mass is 401 g/mol. The molecule has 5 nitrogen and oxygen atoms in total. The van der Waals surface area contributed by atoms with Crippen LogP contribution < -0.4 is 9.47 Å². The predicted molar refractivity (Wildman–Crippen MR) is 116 cm³/mol. The molecule has 1 saturated heterocycles. The Morgan fingerprint density at radius 3 is 2.60 bits per heavy atom. The van der Waals surface area contributed by atoms with Gasteiger partial charge in [-0.1, -0.05) is 30.3 Å². The molecule has 0 radical (unpaired) electrons. The lowest BCUT2D eigenvalue weighted by Gasteiger charge is -2.25. The number of likely N-dealkylation sites (tertiary alicyclic amines) is 1. The predicted octanol–water partition coefficient (Wildman–Crippen LogP) is 5.34. The van der Waals surface area contributed by atoms with Crippen molar-refractivity contribution in [1.29, 1.82) is 0 Å². The van der Waals surface area contributed by atoms with Gasteiger partial charge in [-0.3, -0.25) is 4.79 Å². The number of carbonyl (C=O) groups is 1. The molecule has 4 aromatic rings. The molecule has 1 unspecified atom stereocenters. The van der Waals surface area contributed by atoms with Crippen LogP contribution in [-0.2, 0) is 4.79 Å². The second-order valence-corrected chi connectivity index (χ2v) is 7.56. The zero-order valence-corrected chi connectivity index (χ0v) is 16.8. The van der Waals surface area contributed by atoms with E-state index in [9.17, 15) is 4.79 Å². The van der Waals surface area contributed by atoms with E-state index in [2.05, 4.69) is 0 Å². The molecule has 1 fully saturated rings. The molecule has 1 aliphatic heterocycles. The van der Waals surface area contributed by atoms with Gasteiger partial charge in [0.1, 0.15) is 22.7 Å². The molecule has 1 amide bonds. The summed E-state index contributed by atoms with van der Waals surface area (Å²) in [7, 11) is 1.65. The number of ether oxygens (including phenoxy) is 2. The van der Waals surface area contributed by atoms with E-state index in [1.54, 1.807) is 7.11 Å². The molecule has 5 rings (SSSR count). The molecule has 152 valence electrons. The van der Waals surface area contributed by atoms with Gasteiger partial charge in [-0.05, 0) is 54.8 Å². The summed E-state index contributed by atoms with van der Waals surface area (Å²) in [5.41, 5.74) is 2.79. The van der Waals surface area contributed by atoms with Crippen molar-refractivity contribution in [3.8, 4) is 11.5 Å². The van der Waals surface area contributed by atoms with Gasteiger partial charge < -0.3 is 18.8 Å². The van der Waals surface area contributed by atoms with E-state index in [0.29, 0.717) is 5.75 Å². The van der Waals surface area contributed by atoms with Gasteiger partial charge in [0.25, 0.3) is 5.91 Å². The molecule has 1 aromatic heterocycles. The lowest BCUT2D eigenvalue weighted by molar-refractivity contribution is -0.134. The van der Waals surface area contributed by atoms with Crippen molar-refractivity contribution in [2.24, 2.45) is 0 Å². The van der Waals surface area contributed by atoms with E-state index in [1.807, 2.05) is 71.6 Å². The maximum atomic E-state index is 12.9. The number of furan rings is 1. The Bertz CT molecular complexity index is 1190. The number of benzene rings is 3. The number of hydrogen-bond donors (Lipinski definition) is 0. The van der Waals surface area contributed by atoms with Crippen LogP contribution in [0.5, 0.6) is 11.5 Å². The molecule has 1 atom stereocenters. The maximum Gasteiger partial charge on any atom is 0.261 e. The summed E-state index contributed by atoms with van der Waals surface area (Å²) in [6.07, 6.45) is 1.96. The highest BCUT2D eigenvalue weighted by Crippen LogP contribution is 2.34. The van der Waals surface area contributed by atoms with Crippen molar-refractivity contribution in [3.05, 3.63) is 72.3 Å². The summed E-state index contributed by atoms with van der Waals surface area (Å²) in [5.74, 6) is 1.49. The standard InChI is InChI=1S/C25H23NO4/c1-28-18-10-8-17(9-11-18)22-6-4-14-26(22)25(27)16-29-19-12-13-24-21(15-19)20-5-2-3-7-23(20)30-24/h2-3,5,7-13,15,22H,4,6,14,16H2,1H3. The smallest absolute Gasteiger partial charge is 0.261 e. The number of fused-ring (bicyclic) bond motifs is 3. The number of methoxy groups -OCH3 is 1. The summed E-state index contributed by atoms with van der Waals surface area (Å²) < 4.78 is 17.0. The van der Waals surface area contributed by atoms with Crippen LogP contribution in [0, 0.1) is 0 Å². The largest absolute Gasteiger partial charge is 0.497 e. The van der Waals surface area contributed by atoms with Gasteiger partial charge in [0.2, 0.25) is 0 Å². The molecule has 0 saturated carbocycles. The van der Waals surface area contributed by atoms with Crippen LogP contribution in [-0.4, -0.2) is 31.1 Å². The van der Waals surface area contributed by atoms with Crippen LogP contribution in [0.15, 0.2) is 71.1 Å². The first-order valence-electron chi connectivity index (χ1n) is 10.2. The fraction of sp³-hybridized carbons (Fsp3) is 0.240.